The van der Waals surface area contributed by atoms with Crippen LogP contribution in [0.2, 0.25) is 0 Å². The van der Waals surface area contributed by atoms with Gasteiger partial charge in [-0.2, -0.15) is 0 Å². The third-order valence-corrected chi connectivity index (χ3v) is 5.32. The van der Waals surface area contributed by atoms with Crippen LogP contribution >= 0.6 is 11.3 Å². The van der Waals surface area contributed by atoms with Crippen molar-refractivity contribution in [1.82, 2.24) is 14.9 Å². The lowest BCUT2D eigenvalue weighted by molar-refractivity contribution is 0.235. The normalized spacial score (nSPS) is 12.8. The maximum atomic E-state index is 12.4. The Bertz CT molecular complexity index is 872. The number of aromatic nitrogens is 2. The first-order valence-corrected chi connectivity index (χ1v) is 8.88. The zero-order valence-corrected chi connectivity index (χ0v) is 14.8. The van der Waals surface area contributed by atoms with Crippen LogP contribution < -0.4 is 11.3 Å². The van der Waals surface area contributed by atoms with Crippen LogP contribution in [0, 0.1) is 0 Å². The molecule has 0 saturated heterocycles. The van der Waals surface area contributed by atoms with Crippen molar-refractivity contribution >= 4 is 21.6 Å². The third kappa shape index (κ3) is 3.56. The highest BCUT2D eigenvalue weighted by atomic mass is 32.1. The Morgan fingerprint density at radius 1 is 1.33 bits per heavy atom. The van der Waals surface area contributed by atoms with Crippen molar-refractivity contribution < 1.29 is 0 Å². The van der Waals surface area contributed by atoms with Gasteiger partial charge >= 0.3 is 0 Å². The summed E-state index contributed by atoms with van der Waals surface area (Å²) in [5.74, 6) is 0.695. The first-order chi connectivity index (χ1) is 11.6. The van der Waals surface area contributed by atoms with Gasteiger partial charge in [-0.05, 0) is 38.6 Å². The molecule has 126 valence electrons. The van der Waals surface area contributed by atoms with Crippen LogP contribution in [0.1, 0.15) is 19.2 Å². The number of nitrogens with zero attached hydrogens (tertiary/aromatic N) is 2. The fourth-order valence-corrected chi connectivity index (χ4v) is 3.71. The summed E-state index contributed by atoms with van der Waals surface area (Å²) in [5.41, 5.74) is 6.65. The van der Waals surface area contributed by atoms with E-state index in [1.807, 2.05) is 43.4 Å². The molecule has 5 nitrogen and oxygen atoms in total. The maximum absolute atomic E-state index is 12.4. The zero-order chi connectivity index (χ0) is 17.1. The molecule has 0 saturated carbocycles. The summed E-state index contributed by atoms with van der Waals surface area (Å²) < 4.78 is 0. The van der Waals surface area contributed by atoms with E-state index in [0.717, 1.165) is 21.7 Å². The molecule has 1 aromatic carbocycles. The smallest absolute Gasteiger partial charge is 0.259 e. The fourth-order valence-electron chi connectivity index (χ4n) is 2.65. The molecule has 1 atom stereocenters. The molecule has 0 aliphatic rings. The van der Waals surface area contributed by atoms with Gasteiger partial charge in [-0.3, -0.25) is 9.69 Å². The number of nitrogens with one attached hydrogen (secondary N) is 1. The van der Waals surface area contributed by atoms with Crippen molar-refractivity contribution in [2.24, 2.45) is 5.73 Å². The highest BCUT2D eigenvalue weighted by Gasteiger charge is 2.13. The van der Waals surface area contributed by atoms with Gasteiger partial charge in [-0.1, -0.05) is 30.3 Å². The van der Waals surface area contributed by atoms with E-state index in [2.05, 4.69) is 21.8 Å². The number of fused-ring (bicyclic) bond motifs is 1. The summed E-state index contributed by atoms with van der Waals surface area (Å²) in [4.78, 5) is 24.0. The fraction of sp³-hybridized carbons (Fsp3) is 0.333. The molecule has 0 spiro atoms. The van der Waals surface area contributed by atoms with Crippen LogP contribution in [0.4, 0.5) is 0 Å². The number of nitrogens with two attached hydrogens (primary N) is 1. The van der Waals surface area contributed by atoms with Gasteiger partial charge < -0.3 is 10.7 Å². The second-order valence-corrected chi connectivity index (χ2v) is 7.08. The quantitative estimate of drug-likeness (QED) is 0.722. The molecule has 2 heterocycles. The van der Waals surface area contributed by atoms with Crippen LogP contribution in [0.3, 0.4) is 0 Å². The standard InChI is InChI=1S/C18H22N4OS/c1-12(8-9-19)22(2)11-16-20-17(23)14-10-15(24-18(14)21-16)13-6-4-3-5-7-13/h3-7,10,12H,8-9,11,19H2,1-2H3,(H,20,21,23). The molecular weight excluding hydrogens is 320 g/mol. The Morgan fingerprint density at radius 2 is 2.08 bits per heavy atom. The summed E-state index contributed by atoms with van der Waals surface area (Å²) in [6.07, 6.45) is 0.917. The summed E-state index contributed by atoms with van der Waals surface area (Å²) in [6.45, 7) is 3.38. The first kappa shape index (κ1) is 16.8. The molecule has 0 aliphatic heterocycles. The Kier molecular flexibility index (Phi) is 5.08. The van der Waals surface area contributed by atoms with Gasteiger partial charge in [0.2, 0.25) is 0 Å². The van der Waals surface area contributed by atoms with E-state index in [1.165, 1.54) is 0 Å². The summed E-state index contributed by atoms with van der Waals surface area (Å²) >= 11 is 1.55. The minimum absolute atomic E-state index is 0.0756. The van der Waals surface area contributed by atoms with E-state index < -0.39 is 0 Å². The Hall–Kier alpha value is -2.02. The molecule has 0 amide bonds. The van der Waals surface area contributed by atoms with E-state index in [-0.39, 0.29) is 5.56 Å². The zero-order valence-electron chi connectivity index (χ0n) is 14.0. The first-order valence-electron chi connectivity index (χ1n) is 8.07. The van der Waals surface area contributed by atoms with Crippen LogP contribution in [0.25, 0.3) is 20.7 Å². The van der Waals surface area contributed by atoms with Gasteiger partial charge in [-0.25, -0.2) is 4.98 Å². The Labute approximate surface area is 145 Å². The molecule has 3 rings (SSSR count). The third-order valence-electron chi connectivity index (χ3n) is 4.25. The number of aromatic amines is 1. The van der Waals surface area contributed by atoms with E-state index in [1.54, 1.807) is 11.3 Å². The lowest BCUT2D eigenvalue weighted by Crippen LogP contribution is -2.31. The van der Waals surface area contributed by atoms with Gasteiger partial charge in [0.15, 0.2) is 0 Å². The Morgan fingerprint density at radius 3 is 2.79 bits per heavy atom. The SMILES string of the molecule is CC(CCN)N(C)Cc1nc2sc(-c3ccccc3)cc2c(=O)[nH]1. The summed E-state index contributed by atoms with van der Waals surface area (Å²) in [6, 6.07) is 12.3. The van der Waals surface area contributed by atoms with Crippen molar-refractivity contribution in [3.8, 4) is 10.4 Å². The molecule has 1 unspecified atom stereocenters. The molecular formula is C18H22N4OS. The summed E-state index contributed by atoms with van der Waals surface area (Å²) in [7, 11) is 2.02. The second kappa shape index (κ2) is 7.25. The van der Waals surface area contributed by atoms with Gasteiger partial charge in [0.1, 0.15) is 10.7 Å². The largest absolute Gasteiger partial charge is 0.330 e. The highest BCUT2D eigenvalue weighted by Crippen LogP contribution is 2.30. The second-order valence-electron chi connectivity index (χ2n) is 6.05. The highest BCUT2D eigenvalue weighted by molar-refractivity contribution is 7.21. The van der Waals surface area contributed by atoms with E-state index in [9.17, 15) is 4.79 Å². The van der Waals surface area contributed by atoms with E-state index in [4.69, 9.17) is 5.73 Å². The molecule has 6 heteroatoms. The monoisotopic (exact) mass is 342 g/mol. The van der Waals surface area contributed by atoms with Crippen molar-refractivity contribution in [2.75, 3.05) is 13.6 Å². The van der Waals surface area contributed by atoms with Crippen molar-refractivity contribution in [3.05, 3.63) is 52.6 Å². The lowest BCUT2D eigenvalue weighted by atomic mass is 10.2. The van der Waals surface area contributed by atoms with Crippen molar-refractivity contribution in [3.63, 3.8) is 0 Å². The van der Waals surface area contributed by atoms with Crippen molar-refractivity contribution in [2.45, 2.75) is 25.9 Å². The average molecular weight is 342 g/mol. The van der Waals surface area contributed by atoms with E-state index in [0.29, 0.717) is 30.3 Å². The van der Waals surface area contributed by atoms with Crippen LogP contribution in [0.15, 0.2) is 41.2 Å². The minimum Gasteiger partial charge on any atom is -0.330 e. The number of H-pyrrole nitrogens is 1. The molecule has 0 bridgehead atoms. The van der Waals surface area contributed by atoms with Crippen molar-refractivity contribution in [1.29, 1.82) is 0 Å². The van der Waals surface area contributed by atoms with Gasteiger partial charge in [0.05, 0.1) is 11.9 Å². The van der Waals surface area contributed by atoms with Gasteiger partial charge in [0.25, 0.3) is 5.56 Å². The van der Waals surface area contributed by atoms with Crippen LogP contribution in [-0.2, 0) is 6.54 Å². The number of thiophene rings is 1. The van der Waals surface area contributed by atoms with E-state index >= 15 is 0 Å². The number of rotatable bonds is 6. The predicted octanol–water partition coefficient (Wildman–Crippen LogP) is 2.82. The van der Waals surface area contributed by atoms with Crippen LogP contribution in [0.5, 0.6) is 0 Å². The molecule has 0 radical (unpaired) electrons. The molecule has 0 fully saturated rings. The van der Waals surface area contributed by atoms with Gasteiger partial charge in [0, 0.05) is 10.9 Å². The number of hydrogen-bond donors (Lipinski definition) is 2. The summed E-state index contributed by atoms with van der Waals surface area (Å²) in [5, 5.41) is 0.653. The number of hydrogen-bond acceptors (Lipinski definition) is 5. The van der Waals surface area contributed by atoms with Crippen LogP contribution in [-0.4, -0.2) is 34.5 Å². The Balaban J connectivity index is 1.91. The van der Waals surface area contributed by atoms with Gasteiger partial charge in [-0.15, -0.1) is 11.3 Å². The molecule has 24 heavy (non-hydrogen) atoms. The average Bonchev–Trinajstić information content (AvgIpc) is 3.00. The molecule has 2 aromatic heterocycles. The lowest BCUT2D eigenvalue weighted by Gasteiger charge is -2.23. The maximum Gasteiger partial charge on any atom is 0.259 e. The predicted molar refractivity (Wildman–Crippen MR) is 100 cm³/mol. The molecule has 3 aromatic rings. The minimum atomic E-state index is -0.0756. The molecule has 3 N–H and O–H groups in total. The molecule has 0 aliphatic carbocycles. The number of benzene rings is 1. The topological polar surface area (TPSA) is 75.0 Å².